The number of aliphatic hydroxyl groups excluding tert-OH is 1. The van der Waals surface area contributed by atoms with Crippen molar-refractivity contribution in [3.63, 3.8) is 0 Å². The molecule has 0 spiro atoms. The maximum atomic E-state index is 12.1. The molecule has 2 atom stereocenters. The quantitative estimate of drug-likeness (QED) is 0.0241. The molecule has 0 fully saturated rings. The van der Waals surface area contributed by atoms with Crippen molar-refractivity contribution in [3.05, 3.63) is 85.1 Å². The molecule has 3 N–H and O–H groups in total. The van der Waals surface area contributed by atoms with E-state index in [2.05, 4.69) is 104 Å². The molecule has 0 heterocycles. The highest BCUT2D eigenvalue weighted by Crippen LogP contribution is 2.42. The third kappa shape index (κ3) is 44.1. The molecule has 0 aliphatic heterocycles. The molecular weight excluding hydrogens is 737 g/mol. The van der Waals surface area contributed by atoms with Crippen LogP contribution in [0, 0.1) is 0 Å². The molecule has 326 valence electrons. The van der Waals surface area contributed by atoms with Gasteiger partial charge in [0.05, 0.1) is 13.2 Å². The fourth-order valence-electron chi connectivity index (χ4n) is 5.49. The van der Waals surface area contributed by atoms with Gasteiger partial charge in [0.15, 0.2) is 0 Å². The van der Waals surface area contributed by atoms with Crippen molar-refractivity contribution in [2.24, 2.45) is 0 Å². The molecule has 57 heavy (non-hydrogen) atoms. The van der Waals surface area contributed by atoms with E-state index in [4.69, 9.17) is 13.8 Å². The first-order valence-electron chi connectivity index (χ1n) is 22.1. The summed E-state index contributed by atoms with van der Waals surface area (Å²) in [4.78, 5) is 33.9. The minimum atomic E-state index is -4.43. The number of esters is 1. The van der Waals surface area contributed by atoms with Crippen LogP contribution in [0.5, 0.6) is 0 Å². The predicted octanol–water partition coefficient (Wildman–Crippen LogP) is 12.4. The number of carbonyl (C=O) groups is 2. The van der Waals surface area contributed by atoms with Gasteiger partial charge < -0.3 is 20.1 Å². The van der Waals surface area contributed by atoms with Crippen molar-refractivity contribution in [3.8, 4) is 0 Å². The molecule has 10 heteroatoms. The average molecular weight is 818 g/mol. The number of ether oxygens (including phenoxy) is 1. The van der Waals surface area contributed by atoms with Gasteiger partial charge >= 0.3 is 13.8 Å². The molecule has 0 aromatic heterocycles. The van der Waals surface area contributed by atoms with Crippen molar-refractivity contribution in [1.29, 1.82) is 0 Å². The van der Waals surface area contributed by atoms with Gasteiger partial charge in [-0.05, 0) is 89.9 Å². The molecule has 0 saturated carbocycles. The Bertz CT molecular complexity index is 1210. The first-order chi connectivity index (χ1) is 27.8. The van der Waals surface area contributed by atoms with E-state index in [0.29, 0.717) is 12.8 Å². The van der Waals surface area contributed by atoms with Crippen molar-refractivity contribution in [1.82, 2.24) is 5.32 Å². The number of phosphoric acid groups is 1. The molecule has 0 aliphatic rings. The van der Waals surface area contributed by atoms with E-state index in [-0.39, 0.29) is 32.1 Å². The van der Waals surface area contributed by atoms with Gasteiger partial charge in [-0.15, -0.1) is 0 Å². The Morgan fingerprint density at radius 1 is 0.561 bits per heavy atom. The van der Waals surface area contributed by atoms with Crippen LogP contribution in [0.1, 0.15) is 168 Å². The number of hydrogen-bond acceptors (Lipinski definition) is 7. The lowest BCUT2D eigenvalue weighted by Gasteiger charge is -2.15. The lowest BCUT2D eigenvalue weighted by molar-refractivity contribution is -0.147. The first-order valence-corrected chi connectivity index (χ1v) is 23.6. The minimum absolute atomic E-state index is 0.0669. The van der Waals surface area contributed by atoms with Crippen LogP contribution in [-0.4, -0.2) is 54.3 Å². The maximum Gasteiger partial charge on any atom is 0.472 e. The molecule has 2 unspecified atom stereocenters. The monoisotopic (exact) mass is 818 g/mol. The van der Waals surface area contributed by atoms with Crippen molar-refractivity contribution >= 4 is 19.7 Å². The zero-order valence-corrected chi connectivity index (χ0v) is 36.6. The molecule has 0 bridgehead atoms. The lowest BCUT2D eigenvalue weighted by atomic mass is 10.1. The summed E-state index contributed by atoms with van der Waals surface area (Å²) >= 11 is 0. The second-order valence-electron chi connectivity index (χ2n) is 14.3. The fraction of sp³-hybridized carbons (Fsp3) is 0.660. The third-order valence-electron chi connectivity index (χ3n) is 8.81. The van der Waals surface area contributed by atoms with Gasteiger partial charge in [0.25, 0.3) is 0 Å². The van der Waals surface area contributed by atoms with Gasteiger partial charge in [0, 0.05) is 19.4 Å². The van der Waals surface area contributed by atoms with Gasteiger partial charge in [-0.3, -0.25) is 18.6 Å². The Labute approximate surface area is 347 Å². The van der Waals surface area contributed by atoms with Gasteiger partial charge in [0.2, 0.25) is 5.91 Å². The van der Waals surface area contributed by atoms with E-state index < -0.39 is 26.5 Å². The highest BCUT2D eigenvalue weighted by atomic mass is 31.2. The van der Waals surface area contributed by atoms with E-state index in [1.54, 1.807) is 0 Å². The number of nitrogens with one attached hydrogen (secondary N) is 1. The summed E-state index contributed by atoms with van der Waals surface area (Å²) in [6, 6.07) is 0. The summed E-state index contributed by atoms with van der Waals surface area (Å²) in [6.07, 6.45) is 53.6. The molecular formula is C47H80NO8P. The van der Waals surface area contributed by atoms with Crippen molar-refractivity contribution in [2.45, 2.75) is 174 Å². The van der Waals surface area contributed by atoms with E-state index in [9.17, 15) is 24.2 Å². The Morgan fingerprint density at radius 3 is 1.51 bits per heavy atom. The van der Waals surface area contributed by atoms with Gasteiger partial charge in [-0.2, -0.15) is 0 Å². The lowest BCUT2D eigenvalue weighted by Crippen LogP contribution is -2.27. The van der Waals surface area contributed by atoms with Crippen LogP contribution in [0.3, 0.4) is 0 Å². The van der Waals surface area contributed by atoms with Crippen LogP contribution in [0.25, 0.3) is 0 Å². The zero-order valence-electron chi connectivity index (χ0n) is 35.8. The SMILES string of the molecule is CC/C=C\C/C=C\C/C=C\C/C=C\C/C=C\CCCCCCCC(=O)OCC(O)COP(=O)(O)OCCNC(=O)CCCCCCC/C=C\C/C=C\CCCCC. The zero-order chi connectivity index (χ0) is 41.8. The van der Waals surface area contributed by atoms with E-state index in [0.717, 1.165) is 109 Å². The molecule has 0 rings (SSSR count). The number of aliphatic hydroxyl groups is 1. The number of allylic oxidation sites excluding steroid dienone is 14. The van der Waals surface area contributed by atoms with E-state index in [1.165, 1.54) is 25.7 Å². The van der Waals surface area contributed by atoms with Crippen LogP contribution < -0.4 is 5.32 Å². The van der Waals surface area contributed by atoms with E-state index in [1.807, 2.05) is 0 Å². The Morgan fingerprint density at radius 2 is 1.00 bits per heavy atom. The van der Waals surface area contributed by atoms with Gasteiger partial charge in [-0.1, -0.05) is 150 Å². The molecule has 0 aliphatic carbocycles. The average Bonchev–Trinajstić information content (AvgIpc) is 3.20. The van der Waals surface area contributed by atoms with Crippen LogP contribution in [0.2, 0.25) is 0 Å². The van der Waals surface area contributed by atoms with Crippen molar-refractivity contribution < 1.29 is 37.9 Å². The number of unbranched alkanes of at least 4 members (excludes halogenated alkanes) is 13. The highest BCUT2D eigenvalue weighted by molar-refractivity contribution is 7.47. The normalized spacial score (nSPS) is 14.1. The number of phosphoric ester groups is 1. The minimum Gasteiger partial charge on any atom is -0.463 e. The molecule has 1 amide bonds. The third-order valence-corrected chi connectivity index (χ3v) is 9.79. The molecule has 0 saturated heterocycles. The highest BCUT2D eigenvalue weighted by Gasteiger charge is 2.23. The van der Waals surface area contributed by atoms with Crippen LogP contribution in [-0.2, 0) is 27.9 Å². The number of carbonyl (C=O) groups excluding carboxylic acids is 2. The summed E-state index contributed by atoms with van der Waals surface area (Å²) in [7, 11) is -4.43. The molecule has 0 radical (unpaired) electrons. The second-order valence-corrected chi connectivity index (χ2v) is 15.7. The number of rotatable bonds is 40. The topological polar surface area (TPSA) is 131 Å². The van der Waals surface area contributed by atoms with Gasteiger partial charge in [-0.25, -0.2) is 4.57 Å². The largest absolute Gasteiger partial charge is 0.472 e. The van der Waals surface area contributed by atoms with Crippen LogP contribution >= 0.6 is 7.82 Å². The predicted molar refractivity (Wildman–Crippen MR) is 238 cm³/mol. The van der Waals surface area contributed by atoms with Crippen LogP contribution in [0.15, 0.2) is 85.1 Å². The number of amides is 1. The first kappa shape index (κ1) is 54.2. The fourth-order valence-corrected chi connectivity index (χ4v) is 6.25. The van der Waals surface area contributed by atoms with E-state index >= 15 is 0 Å². The Hall–Kier alpha value is -2.81. The maximum absolute atomic E-state index is 12.1. The summed E-state index contributed by atoms with van der Waals surface area (Å²) in [5, 5.41) is 12.7. The second kappa shape index (κ2) is 42.8. The summed E-state index contributed by atoms with van der Waals surface area (Å²) in [5.41, 5.74) is 0. The van der Waals surface area contributed by atoms with Crippen molar-refractivity contribution in [2.75, 3.05) is 26.4 Å². The summed E-state index contributed by atoms with van der Waals surface area (Å²) in [5.74, 6) is -0.556. The molecule has 0 aromatic carbocycles. The smallest absolute Gasteiger partial charge is 0.463 e. The summed E-state index contributed by atoms with van der Waals surface area (Å²) < 4.78 is 26.9. The molecule has 0 aromatic rings. The molecule has 9 nitrogen and oxygen atoms in total. The Kier molecular flexibility index (Phi) is 40.7. The van der Waals surface area contributed by atoms with Gasteiger partial charge in [0.1, 0.15) is 12.7 Å². The van der Waals surface area contributed by atoms with Crippen LogP contribution in [0.4, 0.5) is 0 Å². The standard InChI is InChI=1S/C47H80NO8P/c1-3-5-7-9-11-13-15-17-19-20-21-22-23-24-26-28-30-32-34-36-38-40-47(51)54-43-45(49)44-56-57(52,53)55-42-41-48-46(50)39-37-35-33-31-29-27-25-18-16-14-12-10-8-6-4-2/h5,7,11-14,17-19,21-22,24-26,45,49H,3-4,6,8-10,15-16,20,23,27-44H2,1-2H3,(H,48,50)(H,52,53)/b7-5-,13-11-,14-12-,19-17-,22-21-,25-18-,26-24-. The Balaban J connectivity index is 3.68. The number of hydrogen-bond donors (Lipinski definition) is 3. The summed E-state index contributed by atoms with van der Waals surface area (Å²) in [6.45, 7) is 3.36.